The van der Waals surface area contributed by atoms with Crippen LogP contribution in [0.4, 0.5) is 5.69 Å². The number of rotatable bonds is 7. The van der Waals surface area contributed by atoms with Gasteiger partial charge in [-0.1, -0.05) is 12.1 Å². The van der Waals surface area contributed by atoms with E-state index in [4.69, 9.17) is 18.6 Å². The molecule has 0 radical (unpaired) electrons. The van der Waals surface area contributed by atoms with Crippen molar-refractivity contribution < 1.29 is 23.4 Å². The highest BCUT2D eigenvalue weighted by Gasteiger charge is 2.27. The quantitative estimate of drug-likeness (QED) is 0.398. The Balaban J connectivity index is 1.39. The molecule has 1 fully saturated rings. The molecule has 1 saturated heterocycles. The number of carbonyl (C=O) groups is 1. The van der Waals surface area contributed by atoms with Crippen molar-refractivity contribution in [2.24, 2.45) is 0 Å². The Morgan fingerprint density at radius 3 is 2.29 bits per heavy atom. The van der Waals surface area contributed by atoms with E-state index >= 15 is 0 Å². The predicted molar refractivity (Wildman–Crippen MR) is 134 cm³/mol. The highest BCUT2D eigenvalue weighted by Crippen LogP contribution is 2.30. The Morgan fingerprint density at radius 2 is 1.60 bits per heavy atom. The molecule has 1 amide bonds. The van der Waals surface area contributed by atoms with Crippen LogP contribution in [0.3, 0.4) is 0 Å². The van der Waals surface area contributed by atoms with Crippen LogP contribution in [-0.4, -0.2) is 62.9 Å². The summed E-state index contributed by atoms with van der Waals surface area (Å²) >= 11 is 0. The molecule has 0 unspecified atom stereocenters. The Morgan fingerprint density at radius 1 is 0.886 bits per heavy atom. The molecule has 0 bridgehead atoms. The molecule has 4 aromatic rings. The summed E-state index contributed by atoms with van der Waals surface area (Å²) in [5.74, 6) is 2.24. The smallest absolute Gasteiger partial charge is 0.270 e. The number of methoxy groups -OCH3 is 3. The second kappa shape index (κ2) is 9.66. The molecule has 0 spiro atoms. The molecule has 8 heteroatoms. The largest absolute Gasteiger partial charge is 0.497 e. The fraction of sp³-hybridized carbons (Fsp3) is 0.296. The number of ether oxygens (including phenoxy) is 3. The number of piperazine rings is 1. The van der Waals surface area contributed by atoms with Crippen LogP contribution in [0.25, 0.3) is 11.1 Å². The van der Waals surface area contributed by atoms with Crippen LogP contribution in [0.5, 0.6) is 17.2 Å². The number of carbonyl (C=O) groups excluding carboxylic acids is 1. The van der Waals surface area contributed by atoms with Crippen molar-refractivity contribution in [3.63, 3.8) is 0 Å². The standard InChI is InChI=1S/C27H29N3O5/c1-32-20-14-19(15-21(16-20)33-2)18-30-23-8-13-35-26(23)17-24(30)27(31)29-11-9-28(10-12-29)22-6-4-5-7-25(22)34-3/h4-8,13-17H,9-12,18H2,1-3H3. The number of para-hydroxylation sites is 2. The van der Waals surface area contributed by atoms with Crippen molar-refractivity contribution in [3.05, 3.63) is 72.1 Å². The van der Waals surface area contributed by atoms with Gasteiger partial charge in [-0.3, -0.25) is 4.79 Å². The minimum absolute atomic E-state index is 0.00839. The molecule has 0 N–H and O–H groups in total. The summed E-state index contributed by atoms with van der Waals surface area (Å²) in [6.45, 7) is 3.19. The number of anilines is 1. The lowest BCUT2D eigenvalue weighted by atomic mass is 10.2. The fourth-order valence-corrected chi connectivity index (χ4v) is 4.67. The van der Waals surface area contributed by atoms with E-state index in [-0.39, 0.29) is 5.91 Å². The predicted octanol–water partition coefficient (Wildman–Crippen LogP) is 4.27. The Kier molecular flexibility index (Phi) is 6.27. The van der Waals surface area contributed by atoms with E-state index in [2.05, 4.69) is 11.0 Å². The van der Waals surface area contributed by atoms with Gasteiger partial charge in [0, 0.05) is 50.9 Å². The highest BCUT2D eigenvalue weighted by atomic mass is 16.5. The fourth-order valence-electron chi connectivity index (χ4n) is 4.67. The molecule has 0 atom stereocenters. The van der Waals surface area contributed by atoms with Gasteiger partial charge < -0.3 is 33.0 Å². The monoisotopic (exact) mass is 475 g/mol. The van der Waals surface area contributed by atoms with Gasteiger partial charge in [-0.2, -0.15) is 0 Å². The van der Waals surface area contributed by atoms with Crippen LogP contribution in [-0.2, 0) is 6.54 Å². The lowest BCUT2D eigenvalue weighted by Gasteiger charge is -2.36. The van der Waals surface area contributed by atoms with E-state index in [1.807, 2.05) is 58.0 Å². The maximum absolute atomic E-state index is 13.7. The van der Waals surface area contributed by atoms with E-state index in [0.717, 1.165) is 35.6 Å². The zero-order valence-corrected chi connectivity index (χ0v) is 20.2. The van der Waals surface area contributed by atoms with Crippen LogP contribution < -0.4 is 19.1 Å². The number of aromatic nitrogens is 1. The molecule has 5 rings (SSSR count). The second-order valence-electron chi connectivity index (χ2n) is 8.46. The average Bonchev–Trinajstić information content (AvgIpc) is 3.50. The Labute approximate surface area is 204 Å². The number of amides is 1. The van der Waals surface area contributed by atoms with Gasteiger partial charge in [0.15, 0.2) is 5.58 Å². The molecule has 2 aromatic carbocycles. The van der Waals surface area contributed by atoms with E-state index in [9.17, 15) is 4.79 Å². The Hall–Kier alpha value is -4.07. The summed E-state index contributed by atoms with van der Waals surface area (Å²) in [6, 6.07) is 17.4. The number of fused-ring (bicyclic) bond motifs is 1. The second-order valence-corrected chi connectivity index (χ2v) is 8.46. The highest BCUT2D eigenvalue weighted by molar-refractivity contribution is 5.97. The maximum Gasteiger partial charge on any atom is 0.270 e. The molecule has 0 aliphatic carbocycles. The van der Waals surface area contributed by atoms with E-state index < -0.39 is 0 Å². The lowest BCUT2D eigenvalue weighted by molar-refractivity contribution is 0.0736. The zero-order valence-electron chi connectivity index (χ0n) is 20.2. The SMILES string of the molecule is COc1cc(Cn2c(C(=O)N3CCN(c4ccccc4OC)CC3)cc3occc32)cc(OC)c1. The van der Waals surface area contributed by atoms with E-state index in [1.54, 1.807) is 27.6 Å². The first-order valence-corrected chi connectivity index (χ1v) is 11.6. The third kappa shape index (κ3) is 4.39. The molecule has 1 aliphatic rings. The maximum atomic E-state index is 13.7. The normalized spacial score (nSPS) is 13.8. The lowest BCUT2D eigenvalue weighted by Crippen LogP contribution is -2.49. The summed E-state index contributed by atoms with van der Waals surface area (Å²) in [6.07, 6.45) is 1.65. The molecule has 2 aromatic heterocycles. The Bertz CT molecular complexity index is 1310. The molecule has 0 saturated carbocycles. The van der Waals surface area contributed by atoms with Crippen molar-refractivity contribution in [1.29, 1.82) is 0 Å². The summed E-state index contributed by atoms with van der Waals surface area (Å²) in [7, 11) is 4.94. The van der Waals surface area contributed by atoms with Gasteiger partial charge in [0.2, 0.25) is 0 Å². The van der Waals surface area contributed by atoms with E-state index in [1.165, 1.54) is 0 Å². The molecule has 182 valence electrons. The molecular weight excluding hydrogens is 446 g/mol. The van der Waals surface area contributed by atoms with Crippen LogP contribution in [0.2, 0.25) is 0 Å². The van der Waals surface area contributed by atoms with Crippen LogP contribution >= 0.6 is 0 Å². The summed E-state index contributed by atoms with van der Waals surface area (Å²) in [5.41, 5.74) is 4.19. The number of hydrogen-bond acceptors (Lipinski definition) is 6. The average molecular weight is 476 g/mol. The zero-order chi connectivity index (χ0) is 24.4. The summed E-state index contributed by atoms with van der Waals surface area (Å²) < 4.78 is 24.0. The molecular formula is C27H29N3O5. The summed E-state index contributed by atoms with van der Waals surface area (Å²) in [4.78, 5) is 17.8. The van der Waals surface area contributed by atoms with Gasteiger partial charge in [-0.05, 0) is 29.8 Å². The number of hydrogen-bond donors (Lipinski definition) is 0. The third-order valence-electron chi connectivity index (χ3n) is 6.49. The molecule has 8 nitrogen and oxygen atoms in total. The molecule has 35 heavy (non-hydrogen) atoms. The van der Waals surface area contributed by atoms with Gasteiger partial charge in [0.1, 0.15) is 22.9 Å². The van der Waals surface area contributed by atoms with Gasteiger partial charge in [-0.25, -0.2) is 0 Å². The number of nitrogens with zero attached hydrogens (tertiary/aromatic N) is 3. The first-order chi connectivity index (χ1) is 17.1. The molecule has 3 heterocycles. The molecule has 1 aliphatic heterocycles. The minimum atomic E-state index is -0.00839. The van der Waals surface area contributed by atoms with Crippen molar-refractivity contribution in [3.8, 4) is 17.2 Å². The summed E-state index contributed by atoms with van der Waals surface area (Å²) in [5, 5.41) is 0. The number of furan rings is 1. The van der Waals surface area contributed by atoms with Crippen molar-refractivity contribution in [2.75, 3.05) is 52.4 Å². The van der Waals surface area contributed by atoms with Gasteiger partial charge in [0.25, 0.3) is 5.91 Å². The van der Waals surface area contributed by atoms with Gasteiger partial charge in [-0.15, -0.1) is 0 Å². The van der Waals surface area contributed by atoms with Gasteiger partial charge in [0.05, 0.1) is 38.8 Å². The minimum Gasteiger partial charge on any atom is -0.497 e. The van der Waals surface area contributed by atoms with Crippen molar-refractivity contribution >= 4 is 22.7 Å². The third-order valence-corrected chi connectivity index (χ3v) is 6.49. The number of benzene rings is 2. The van der Waals surface area contributed by atoms with Crippen LogP contribution in [0, 0.1) is 0 Å². The first kappa shape index (κ1) is 22.7. The van der Waals surface area contributed by atoms with E-state index in [0.29, 0.717) is 42.4 Å². The van der Waals surface area contributed by atoms with Crippen molar-refractivity contribution in [2.45, 2.75) is 6.54 Å². The van der Waals surface area contributed by atoms with Crippen LogP contribution in [0.1, 0.15) is 16.1 Å². The van der Waals surface area contributed by atoms with Gasteiger partial charge >= 0.3 is 0 Å². The topological polar surface area (TPSA) is 69.3 Å². The van der Waals surface area contributed by atoms with Crippen LogP contribution in [0.15, 0.2) is 65.3 Å². The first-order valence-electron chi connectivity index (χ1n) is 11.6. The van der Waals surface area contributed by atoms with Crippen molar-refractivity contribution in [1.82, 2.24) is 9.47 Å².